The third-order valence-corrected chi connectivity index (χ3v) is 2.47. The molecule has 0 aromatic carbocycles. The maximum atomic E-state index is 12.4. The van der Waals surface area contributed by atoms with Crippen LogP contribution >= 0.6 is 27.3 Å². The maximum Gasteiger partial charge on any atom is 0.140 e. The Kier molecular flexibility index (Phi) is 2.21. The van der Waals surface area contributed by atoms with Crippen LogP contribution in [-0.2, 0) is 6.61 Å². The molecule has 0 atom stereocenters. The molecule has 0 aliphatic rings. The first kappa shape index (κ1) is 7.18. The van der Waals surface area contributed by atoms with E-state index in [1.54, 1.807) is 0 Å². The van der Waals surface area contributed by atoms with Crippen LogP contribution in [0.15, 0.2) is 9.85 Å². The van der Waals surface area contributed by atoms with Crippen LogP contribution < -0.4 is 0 Å². The van der Waals surface area contributed by atoms with E-state index in [4.69, 9.17) is 5.11 Å². The lowest BCUT2D eigenvalue weighted by Crippen LogP contribution is -1.77. The fourth-order valence-corrected chi connectivity index (χ4v) is 1.89. The summed E-state index contributed by atoms with van der Waals surface area (Å²) in [5, 5.41) is 8.48. The largest absolute Gasteiger partial charge is 0.391 e. The number of aliphatic hydroxyl groups excluding tert-OH is 1. The number of thiophene rings is 1. The molecule has 0 fully saturated rings. The fourth-order valence-electron chi connectivity index (χ4n) is 0.484. The van der Waals surface area contributed by atoms with Crippen LogP contribution in [0.1, 0.15) is 4.88 Å². The molecule has 1 nitrogen and oxygen atoms in total. The zero-order valence-electron chi connectivity index (χ0n) is 4.40. The molecule has 4 heteroatoms. The van der Waals surface area contributed by atoms with Gasteiger partial charge in [-0.15, -0.1) is 11.3 Å². The summed E-state index contributed by atoms with van der Waals surface area (Å²) in [6.45, 7) is -0.220. The average molecular weight is 211 g/mol. The predicted molar refractivity (Wildman–Crippen MR) is 37.9 cm³/mol. The first-order chi connectivity index (χ1) is 4.24. The van der Waals surface area contributed by atoms with Gasteiger partial charge in [-0.3, -0.25) is 0 Å². The molecular formula is C5H4BrFOS. The minimum absolute atomic E-state index is 0.220. The van der Waals surface area contributed by atoms with Crippen molar-refractivity contribution in [2.24, 2.45) is 0 Å². The Morgan fingerprint density at radius 1 is 1.78 bits per heavy atom. The lowest BCUT2D eigenvalue weighted by molar-refractivity contribution is 0.280. The van der Waals surface area contributed by atoms with Crippen LogP contribution in [0.5, 0.6) is 0 Å². The summed E-state index contributed by atoms with van der Waals surface area (Å²) >= 11 is 4.30. The van der Waals surface area contributed by atoms with Gasteiger partial charge in [-0.2, -0.15) is 0 Å². The molecule has 0 bridgehead atoms. The van der Waals surface area contributed by atoms with Gasteiger partial charge >= 0.3 is 0 Å². The van der Waals surface area contributed by atoms with Gasteiger partial charge in [-0.1, -0.05) is 0 Å². The van der Waals surface area contributed by atoms with Crippen LogP contribution in [-0.4, -0.2) is 5.11 Å². The van der Waals surface area contributed by atoms with E-state index in [1.165, 1.54) is 17.4 Å². The molecule has 1 N–H and O–H groups in total. The summed E-state index contributed by atoms with van der Waals surface area (Å²) in [6.07, 6.45) is 0. The van der Waals surface area contributed by atoms with Gasteiger partial charge in [0, 0.05) is 0 Å². The molecule has 0 spiro atoms. The van der Waals surface area contributed by atoms with Crippen LogP contribution in [0.4, 0.5) is 4.39 Å². The third-order valence-electron chi connectivity index (χ3n) is 0.871. The van der Waals surface area contributed by atoms with Gasteiger partial charge in [0.2, 0.25) is 0 Å². The zero-order valence-corrected chi connectivity index (χ0v) is 6.80. The molecule has 1 aromatic heterocycles. The number of aliphatic hydroxyl groups is 1. The minimum atomic E-state index is -0.339. The van der Waals surface area contributed by atoms with Crippen molar-refractivity contribution in [3.8, 4) is 0 Å². The quantitative estimate of drug-likeness (QED) is 0.754. The van der Waals surface area contributed by atoms with Gasteiger partial charge in [0.25, 0.3) is 0 Å². The molecular weight excluding hydrogens is 207 g/mol. The lowest BCUT2D eigenvalue weighted by Gasteiger charge is -1.83. The summed E-state index contributed by atoms with van der Waals surface area (Å²) in [6, 6.07) is 1.34. The average Bonchev–Trinajstić information content (AvgIpc) is 2.10. The highest BCUT2D eigenvalue weighted by atomic mass is 79.9. The van der Waals surface area contributed by atoms with E-state index in [2.05, 4.69) is 15.9 Å². The molecule has 0 aliphatic heterocycles. The molecule has 1 aromatic rings. The molecule has 50 valence electrons. The Balaban J connectivity index is 3.01. The summed E-state index contributed by atoms with van der Waals surface area (Å²) in [5.74, 6) is -0.339. The Bertz CT molecular complexity index is 211. The Morgan fingerprint density at radius 2 is 2.44 bits per heavy atom. The Hall–Kier alpha value is 0.0700. The van der Waals surface area contributed by atoms with Crippen LogP contribution in [0.2, 0.25) is 0 Å². The zero-order chi connectivity index (χ0) is 6.85. The summed E-state index contributed by atoms with van der Waals surface area (Å²) < 4.78 is 13.1. The second-order valence-electron chi connectivity index (χ2n) is 1.48. The highest BCUT2D eigenvalue weighted by molar-refractivity contribution is 9.11. The minimum Gasteiger partial charge on any atom is -0.391 e. The molecule has 9 heavy (non-hydrogen) atoms. The molecule has 0 saturated carbocycles. The second-order valence-corrected chi connectivity index (χ2v) is 4.00. The van der Waals surface area contributed by atoms with Crippen molar-refractivity contribution in [3.63, 3.8) is 0 Å². The van der Waals surface area contributed by atoms with Gasteiger partial charge in [-0.25, -0.2) is 4.39 Å². The normalized spacial score (nSPS) is 10.1. The number of rotatable bonds is 1. The van der Waals surface area contributed by atoms with E-state index in [-0.39, 0.29) is 12.4 Å². The monoisotopic (exact) mass is 210 g/mol. The Labute approximate surface area is 64.3 Å². The lowest BCUT2D eigenvalue weighted by atomic mass is 10.5. The predicted octanol–water partition coefficient (Wildman–Crippen LogP) is 2.14. The number of hydrogen-bond donors (Lipinski definition) is 1. The van der Waals surface area contributed by atoms with Crippen LogP contribution in [0.25, 0.3) is 0 Å². The van der Waals surface area contributed by atoms with Gasteiger partial charge in [-0.05, 0) is 22.0 Å². The highest BCUT2D eigenvalue weighted by Gasteiger charge is 2.04. The van der Waals surface area contributed by atoms with E-state index < -0.39 is 0 Å². The van der Waals surface area contributed by atoms with E-state index in [0.717, 1.165) is 0 Å². The van der Waals surface area contributed by atoms with Gasteiger partial charge in [0.15, 0.2) is 0 Å². The smallest absolute Gasteiger partial charge is 0.140 e. The van der Waals surface area contributed by atoms with Crippen molar-refractivity contribution in [2.75, 3.05) is 0 Å². The van der Waals surface area contributed by atoms with E-state index in [1.807, 2.05) is 0 Å². The molecule has 0 radical (unpaired) electrons. The summed E-state index contributed by atoms with van der Waals surface area (Å²) in [7, 11) is 0. The summed E-state index contributed by atoms with van der Waals surface area (Å²) in [5.41, 5.74) is 0. The molecule has 0 saturated heterocycles. The van der Waals surface area contributed by atoms with Gasteiger partial charge in [0.1, 0.15) is 5.82 Å². The molecule has 1 heterocycles. The number of hydrogen-bond acceptors (Lipinski definition) is 2. The standard InChI is InChI=1S/C5H4BrFOS/c6-5-1-3(7)4(2-8)9-5/h1,8H,2H2. The SMILES string of the molecule is OCc1sc(Br)cc1F. The van der Waals surface area contributed by atoms with Crippen molar-refractivity contribution in [1.29, 1.82) is 0 Å². The van der Waals surface area contributed by atoms with Crippen molar-refractivity contribution in [3.05, 3.63) is 20.5 Å². The fraction of sp³-hybridized carbons (Fsp3) is 0.200. The van der Waals surface area contributed by atoms with Gasteiger partial charge < -0.3 is 5.11 Å². The highest BCUT2D eigenvalue weighted by Crippen LogP contribution is 2.25. The molecule has 0 unspecified atom stereocenters. The maximum absolute atomic E-state index is 12.4. The number of halogens is 2. The summed E-state index contributed by atoms with van der Waals surface area (Å²) in [4.78, 5) is 0.377. The molecule has 0 aliphatic carbocycles. The molecule has 1 rings (SSSR count). The first-order valence-electron chi connectivity index (χ1n) is 2.28. The van der Waals surface area contributed by atoms with E-state index in [9.17, 15) is 4.39 Å². The second kappa shape index (κ2) is 2.77. The van der Waals surface area contributed by atoms with Crippen molar-refractivity contribution in [2.45, 2.75) is 6.61 Å². The van der Waals surface area contributed by atoms with E-state index in [0.29, 0.717) is 8.66 Å². The van der Waals surface area contributed by atoms with E-state index >= 15 is 0 Å². The first-order valence-corrected chi connectivity index (χ1v) is 3.89. The van der Waals surface area contributed by atoms with Crippen LogP contribution in [0, 0.1) is 5.82 Å². The van der Waals surface area contributed by atoms with Crippen molar-refractivity contribution >= 4 is 27.3 Å². The van der Waals surface area contributed by atoms with Gasteiger partial charge in [0.05, 0.1) is 15.3 Å². The third kappa shape index (κ3) is 1.50. The van der Waals surface area contributed by atoms with Crippen molar-refractivity contribution in [1.82, 2.24) is 0 Å². The molecule has 0 amide bonds. The van der Waals surface area contributed by atoms with Crippen LogP contribution in [0.3, 0.4) is 0 Å². The Morgan fingerprint density at radius 3 is 2.67 bits per heavy atom. The topological polar surface area (TPSA) is 20.2 Å². The van der Waals surface area contributed by atoms with Crippen molar-refractivity contribution < 1.29 is 9.50 Å².